The summed E-state index contributed by atoms with van der Waals surface area (Å²) in [6.45, 7) is 0.0570. The van der Waals surface area contributed by atoms with Crippen LogP contribution >= 0.6 is 31.9 Å². The molecule has 1 amide bonds. The van der Waals surface area contributed by atoms with Gasteiger partial charge < -0.3 is 9.64 Å². The summed E-state index contributed by atoms with van der Waals surface area (Å²) in [6.07, 6.45) is 0. The van der Waals surface area contributed by atoms with Gasteiger partial charge in [0.15, 0.2) is 6.61 Å². The van der Waals surface area contributed by atoms with Gasteiger partial charge in [0.25, 0.3) is 11.6 Å². The van der Waals surface area contributed by atoms with Crippen molar-refractivity contribution in [2.24, 2.45) is 0 Å². The monoisotopic (exact) mass is 518 g/mol. The molecule has 0 aliphatic rings. The number of non-ortho nitro benzene ring substituents is 1. The molecule has 8 heteroatoms. The van der Waals surface area contributed by atoms with Crippen LogP contribution in [0.25, 0.3) is 0 Å². The summed E-state index contributed by atoms with van der Waals surface area (Å²) >= 11 is 6.77. The van der Waals surface area contributed by atoms with Gasteiger partial charge in [-0.25, -0.2) is 0 Å². The summed E-state index contributed by atoms with van der Waals surface area (Å²) in [6, 6.07) is 20.8. The highest BCUT2D eigenvalue weighted by Crippen LogP contribution is 2.29. The van der Waals surface area contributed by atoms with Gasteiger partial charge in [-0.2, -0.15) is 0 Å². The van der Waals surface area contributed by atoms with E-state index in [9.17, 15) is 14.9 Å². The number of carbonyl (C=O) groups excluding carboxylic acids is 1. The van der Waals surface area contributed by atoms with E-state index in [4.69, 9.17) is 4.74 Å². The molecular weight excluding hydrogens is 504 g/mol. The SMILES string of the molecule is O=C(COc1ccc(Br)cc1Br)N(Cc1ccccc1)c1cccc([N+](=O)[O-])c1. The quantitative estimate of drug-likeness (QED) is 0.295. The van der Waals surface area contributed by atoms with Gasteiger partial charge in [0.1, 0.15) is 5.75 Å². The average molecular weight is 520 g/mol. The molecule has 0 aromatic heterocycles. The predicted octanol–water partition coefficient (Wildman–Crippen LogP) is 5.73. The van der Waals surface area contributed by atoms with Crippen LogP contribution in [0.5, 0.6) is 5.75 Å². The van der Waals surface area contributed by atoms with Crippen molar-refractivity contribution in [3.05, 3.63) is 97.4 Å². The number of carbonyl (C=O) groups is 1. The van der Waals surface area contributed by atoms with Crippen LogP contribution in [0.3, 0.4) is 0 Å². The topological polar surface area (TPSA) is 72.7 Å². The molecular formula is C21H16Br2N2O4. The maximum absolute atomic E-state index is 13.0. The molecule has 0 aliphatic carbocycles. The normalized spacial score (nSPS) is 10.4. The van der Waals surface area contributed by atoms with Gasteiger partial charge >= 0.3 is 0 Å². The summed E-state index contributed by atoms with van der Waals surface area (Å²) in [5, 5.41) is 11.1. The smallest absolute Gasteiger partial charge is 0.271 e. The summed E-state index contributed by atoms with van der Waals surface area (Å²) < 4.78 is 7.27. The molecule has 3 rings (SSSR count). The number of ether oxygens (including phenoxy) is 1. The van der Waals surface area contributed by atoms with Crippen molar-refractivity contribution in [3.63, 3.8) is 0 Å². The maximum atomic E-state index is 13.0. The van der Waals surface area contributed by atoms with Gasteiger partial charge in [-0.1, -0.05) is 52.3 Å². The Balaban J connectivity index is 1.84. The number of benzene rings is 3. The molecule has 0 aliphatic heterocycles. The first-order valence-electron chi connectivity index (χ1n) is 8.60. The van der Waals surface area contributed by atoms with Crippen LogP contribution in [0, 0.1) is 10.1 Å². The first kappa shape index (κ1) is 21.0. The molecule has 0 bridgehead atoms. The first-order valence-corrected chi connectivity index (χ1v) is 10.2. The van der Waals surface area contributed by atoms with Crippen LogP contribution in [0.2, 0.25) is 0 Å². The highest BCUT2D eigenvalue weighted by Gasteiger charge is 2.20. The Morgan fingerprint density at radius 1 is 1.00 bits per heavy atom. The van der Waals surface area contributed by atoms with Gasteiger partial charge in [-0.3, -0.25) is 14.9 Å². The third-order valence-electron chi connectivity index (χ3n) is 4.08. The Bertz CT molecular complexity index is 1030. The number of amides is 1. The van der Waals surface area contributed by atoms with Crippen LogP contribution in [-0.4, -0.2) is 17.4 Å². The van der Waals surface area contributed by atoms with Crippen molar-refractivity contribution in [1.82, 2.24) is 0 Å². The van der Waals surface area contributed by atoms with E-state index in [0.29, 0.717) is 15.9 Å². The first-order chi connectivity index (χ1) is 13.9. The van der Waals surface area contributed by atoms with Gasteiger partial charge in [0.05, 0.1) is 21.6 Å². The van der Waals surface area contributed by atoms with Gasteiger partial charge in [-0.05, 0) is 45.8 Å². The van der Waals surface area contributed by atoms with Crippen molar-refractivity contribution in [3.8, 4) is 5.75 Å². The molecule has 0 radical (unpaired) electrons. The van der Waals surface area contributed by atoms with Gasteiger partial charge in [0.2, 0.25) is 0 Å². The van der Waals surface area contributed by atoms with Crippen molar-refractivity contribution in [2.45, 2.75) is 6.54 Å². The summed E-state index contributed by atoms with van der Waals surface area (Å²) in [5.41, 5.74) is 1.26. The molecule has 0 spiro atoms. The zero-order chi connectivity index (χ0) is 20.8. The summed E-state index contributed by atoms with van der Waals surface area (Å²) in [4.78, 5) is 25.1. The van der Waals surface area contributed by atoms with E-state index in [1.807, 2.05) is 42.5 Å². The van der Waals surface area contributed by atoms with Crippen molar-refractivity contribution >= 4 is 49.1 Å². The minimum absolute atomic E-state index is 0.0788. The Hall–Kier alpha value is -2.71. The summed E-state index contributed by atoms with van der Waals surface area (Å²) in [7, 11) is 0. The number of halogens is 2. The maximum Gasteiger partial charge on any atom is 0.271 e. The van der Waals surface area contributed by atoms with Crippen molar-refractivity contribution in [2.75, 3.05) is 11.5 Å². The van der Waals surface area contributed by atoms with Crippen LogP contribution < -0.4 is 9.64 Å². The van der Waals surface area contributed by atoms with E-state index in [1.165, 1.54) is 17.0 Å². The lowest BCUT2D eigenvalue weighted by atomic mass is 10.2. The highest BCUT2D eigenvalue weighted by molar-refractivity contribution is 9.11. The summed E-state index contributed by atoms with van der Waals surface area (Å²) in [5.74, 6) is 0.212. The molecule has 3 aromatic carbocycles. The van der Waals surface area contributed by atoms with E-state index >= 15 is 0 Å². The second-order valence-electron chi connectivity index (χ2n) is 6.11. The number of hydrogen-bond acceptors (Lipinski definition) is 4. The number of nitro benzene ring substituents is 1. The largest absolute Gasteiger partial charge is 0.483 e. The number of anilines is 1. The second-order valence-corrected chi connectivity index (χ2v) is 7.88. The standard InChI is InChI=1S/C21H16Br2N2O4/c22-16-9-10-20(19(23)11-16)29-14-21(26)24(13-15-5-2-1-3-6-15)17-7-4-8-18(12-17)25(27)28/h1-12H,13-14H2. The molecule has 148 valence electrons. The fraction of sp³-hybridized carbons (Fsp3) is 0.0952. The molecule has 29 heavy (non-hydrogen) atoms. The fourth-order valence-electron chi connectivity index (χ4n) is 2.67. The van der Waals surface area contributed by atoms with E-state index < -0.39 is 4.92 Å². The van der Waals surface area contributed by atoms with Crippen molar-refractivity contribution < 1.29 is 14.5 Å². The lowest BCUT2D eigenvalue weighted by molar-refractivity contribution is -0.384. The molecule has 6 nitrogen and oxygen atoms in total. The number of nitrogens with zero attached hydrogens (tertiary/aromatic N) is 2. The van der Waals surface area contributed by atoms with Gasteiger partial charge in [0, 0.05) is 16.6 Å². The minimum Gasteiger partial charge on any atom is -0.483 e. The second kappa shape index (κ2) is 9.67. The lowest BCUT2D eigenvalue weighted by Crippen LogP contribution is -2.34. The third kappa shape index (κ3) is 5.65. The van der Waals surface area contributed by atoms with Crippen molar-refractivity contribution in [1.29, 1.82) is 0 Å². The van der Waals surface area contributed by atoms with E-state index in [2.05, 4.69) is 31.9 Å². The van der Waals surface area contributed by atoms with E-state index in [1.54, 1.807) is 18.2 Å². The van der Waals surface area contributed by atoms with Crippen LogP contribution in [0.4, 0.5) is 11.4 Å². The Kier molecular flexibility index (Phi) is 7.00. The Morgan fingerprint density at radius 2 is 1.76 bits per heavy atom. The molecule has 3 aromatic rings. The fourth-order valence-corrected chi connectivity index (χ4v) is 3.84. The molecule has 0 saturated heterocycles. The number of rotatable bonds is 7. The zero-order valence-electron chi connectivity index (χ0n) is 15.1. The van der Waals surface area contributed by atoms with E-state index in [0.717, 1.165) is 10.0 Å². The number of hydrogen-bond donors (Lipinski definition) is 0. The van der Waals surface area contributed by atoms with Gasteiger partial charge in [-0.15, -0.1) is 0 Å². The molecule has 0 fully saturated rings. The number of nitro groups is 1. The molecule has 0 saturated carbocycles. The molecule has 0 N–H and O–H groups in total. The van der Waals surface area contributed by atoms with Crippen LogP contribution in [0.1, 0.15) is 5.56 Å². The third-order valence-corrected chi connectivity index (χ3v) is 5.19. The van der Waals surface area contributed by atoms with Crippen LogP contribution in [-0.2, 0) is 11.3 Å². The minimum atomic E-state index is -0.482. The molecule has 0 heterocycles. The molecule has 0 atom stereocenters. The predicted molar refractivity (Wildman–Crippen MR) is 118 cm³/mol. The Morgan fingerprint density at radius 3 is 2.45 bits per heavy atom. The van der Waals surface area contributed by atoms with Crippen LogP contribution in [0.15, 0.2) is 81.7 Å². The lowest BCUT2D eigenvalue weighted by Gasteiger charge is -2.23. The molecule has 0 unspecified atom stereocenters. The van der Waals surface area contributed by atoms with E-state index in [-0.39, 0.29) is 24.7 Å². The zero-order valence-corrected chi connectivity index (χ0v) is 18.3. The average Bonchev–Trinajstić information content (AvgIpc) is 2.72. The Labute approximate surface area is 184 Å². The highest BCUT2D eigenvalue weighted by atomic mass is 79.9.